The molecular formula is C12H14ClFN2O. The first kappa shape index (κ1) is 12.3. The van der Waals surface area contributed by atoms with Gasteiger partial charge in [-0.3, -0.25) is 9.69 Å². The van der Waals surface area contributed by atoms with E-state index >= 15 is 0 Å². The molecule has 92 valence electrons. The number of halogens is 2. The molecule has 1 amide bonds. The van der Waals surface area contributed by atoms with E-state index < -0.39 is 0 Å². The summed E-state index contributed by atoms with van der Waals surface area (Å²) in [5.74, 6) is -0.348. The fraction of sp³-hybridized carbons (Fsp3) is 0.417. The molecule has 0 aliphatic carbocycles. The SMILES string of the molecule is CC1C(=O)NCCN1Cc1c(F)cccc1Cl. The summed E-state index contributed by atoms with van der Waals surface area (Å²) in [5, 5.41) is 3.18. The largest absolute Gasteiger partial charge is 0.353 e. The molecule has 0 bridgehead atoms. The number of hydrogen-bond donors (Lipinski definition) is 1. The summed E-state index contributed by atoms with van der Waals surface area (Å²) in [6.45, 7) is 3.47. The first-order valence-electron chi connectivity index (χ1n) is 5.54. The Labute approximate surface area is 105 Å². The predicted octanol–water partition coefficient (Wildman–Crippen LogP) is 1.80. The van der Waals surface area contributed by atoms with Gasteiger partial charge in [-0.25, -0.2) is 4.39 Å². The van der Waals surface area contributed by atoms with E-state index in [0.717, 1.165) is 0 Å². The monoisotopic (exact) mass is 256 g/mol. The Bertz CT molecular complexity index is 418. The normalized spacial score (nSPS) is 21.4. The maximum absolute atomic E-state index is 13.6. The highest BCUT2D eigenvalue weighted by Crippen LogP contribution is 2.22. The van der Waals surface area contributed by atoms with Crippen LogP contribution in [0.1, 0.15) is 12.5 Å². The zero-order valence-electron chi connectivity index (χ0n) is 9.54. The van der Waals surface area contributed by atoms with Crippen LogP contribution in [0, 0.1) is 5.82 Å². The Balaban J connectivity index is 2.17. The zero-order valence-corrected chi connectivity index (χ0v) is 10.3. The van der Waals surface area contributed by atoms with Gasteiger partial charge in [0.1, 0.15) is 5.82 Å². The smallest absolute Gasteiger partial charge is 0.237 e. The quantitative estimate of drug-likeness (QED) is 0.875. The van der Waals surface area contributed by atoms with Crippen LogP contribution in [0.2, 0.25) is 5.02 Å². The van der Waals surface area contributed by atoms with Gasteiger partial charge in [-0.05, 0) is 19.1 Å². The van der Waals surface area contributed by atoms with Crippen LogP contribution in [0.3, 0.4) is 0 Å². The second kappa shape index (κ2) is 5.02. The molecule has 0 radical (unpaired) electrons. The number of nitrogens with one attached hydrogen (secondary N) is 1. The first-order chi connectivity index (χ1) is 8.09. The van der Waals surface area contributed by atoms with E-state index in [9.17, 15) is 9.18 Å². The van der Waals surface area contributed by atoms with Crippen molar-refractivity contribution in [2.75, 3.05) is 13.1 Å². The molecule has 1 aliphatic rings. The molecule has 3 nitrogen and oxygen atoms in total. The van der Waals surface area contributed by atoms with Crippen molar-refractivity contribution in [2.45, 2.75) is 19.5 Å². The number of carbonyl (C=O) groups is 1. The second-order valence-corrected chi connectivity index (χ2v) is 4.54. The van der Waals surface area contributed by atoms with Crippen LogP contribution in [0.25, 0.3) is 0 Å². The number of carbonyl (C=O) groups excluding carboxylic acids is 1. The lowest BCUT2D eigenvalue weighted by molar-refractivity contribution is -0.128. The van der Waals surface area contributed by atoms with Crippen molar-refractivity contribution >= 4 is 17.5 Å². The number of rotatable bonds is 2. The van der Waals surface area contributed by atoms with Gasteiger partial charge in [0.25, 0.3) is 0 Å². The summed E-state index contributed by atoms with van der Waals surface area (Å²) < 4.78 is 13.6. The molecule has 0 saturated carbocycles. The molecule has 1 heterocycles. The van der Waals surface area contributed by atoms with Gasteiger partial charge in [-0.1, -0.05) is 17.7 Å². The van der Waals surface area contributed by atoms with Crippen LogP contribution in [0.5, 0.6) is 0 Å². The topological polar surface area (TPSA) is 32.3 Å². The van der Waals surface area contributed by atoms with Crippen LogP contribution in [0.4, 0.5) is 4.39 Å². The molecule has 1 unspecified atom stereocenters. The predicted molar refractivity (Wildman–Crippen MR) is 64.3 cm³/mol. The molecule has 17 heavy (non-hydrogen) atoms. The van der Waals surface area contributed by atoms with E-state index in [1.165, 1.54) is 6.07 Å². The number of hydrogen-bond acceptors (Lipinski definition) is 2. The average molecular weight is 257 g/mol. The van der Waals surface area contributed by atoms with E-state index in [2.05, 4.69) is 5.32 Å². The number of amides is 1. The lowest BCUT2D eigenvalue weighted by Crippen LogP contribution is -2.53. The molecule has 1 N–H and O–H groups in total. The van der Waals surface area contributed by atoms with Crippen LogP contribution in [-0.2, 0) is 11.3 Å². The fourth-order valence-corrected chi connectivity index (χ4v) is 2.16. The Morgan fingerprint density at radius 3 is 3.06 bits per heavy atom. The maximum Gasteiger partial charge on any atom is 0.237 e. The highest BCUT2D eigenvalue weighted by Gasteiger charge is 2.26. The molecular weight excluding hydrogens is 243 g/mol. The van der Waals surface area contributed by atoms with Crippen molar-refractivity contribution < 1.29 is 9.18 Å². The summed E-state index contributed by atoms with van der Waals surface area (Å²) in [6, 6.07) is 4.37. The van der Waals surface area contributed by atoms with Crippen molar-refractivity contribution in [3.05, 3.63) is 34.6 Å². The third-order valence-electron chi connectivity index (χ3n) is 3.05. The Morgan fingerprint density at radius 2 is 2.35 bits per heavy atom. The lowest BCUT2D eigenvalue weighted by atomic mass is 10.1. The van der Waals surface area contributed by atoms with E-state index in [1.54, 1.807) is 12.1 Å². The van der Waals surface area contributed by atoms with E-state index in [1.807, 2.05) is 11.8 Å². The molecule has 2 rings (SSSR count). The molecule has 1 fully saturated rings. The third-order valence-corrected chi connectivity index (χ3v) is 3.40. The molecule has 1 aromatic rings. The average Bonchev–Trinajstić information content (AvgIpc) is 2.29. The van der Waals surface area contributed by atoms with Crippen molar-refractivity contribution in [1.82, 2.24) is 10.2 Å². The molecule has 1 atom stereocenters. The Morgan fingerprint density at radius 1 is 1.59 bits per heavy atom. The van der Waals surface area contributed by atoms with Crippen LogP contribution >= 0.6 is 11.6 Å². The van der Waals surface area contributed by atoms with Gasteiger partial charge < -0.3 is 5.32 Å². The minimum absolute atomic E-state index is 0.0243. The van der Waals surface area contributed by atoms with E-state index in [-0.39, 0.29) is 17.8 Å². The molecule has 0 aromatic heterocycles. The van der Waals surface area contributed by atoms with E-state index in [4.69, 9.17) is 11.6 Å². The summed E-state index contributed by atoms with van der Waals surface area (Å²) in [7, 11) is 0. The fourth-order valence-electron chi connectivity index (χ4n) is 1.93. The van der Waals surface area contributed by atoms with Crippen molar-refractivity contribution in [3.8, 4) is 0 Å². The van der Waals surface area contributed by atoms with Crippen molar-refractivity contribution in [1.29, 1.82) is 0 Å². The van der Waals surface area contributed by atoms with Gasteiger partial charge in [0.15, 0.2) is 0 Å². The van der Waals surface area contributed by atoms with Crippen LogP contribution in [0.15, 0.2) is 18.2 Å². The Hall–Kier alpha value is -1.13. The second-order valence-electron chi connectivity index (χ2n) is 4.14. The van der Waals surface area contributed by atoms with Gasteiger partial charge in [0.2, 0.25) is 5.91 Å². The Kier molecular flexibility index (Phi) is 3.64. The summed E-state index contributed by atoms with van der Waals surface area (Å²) in [6.07, 6.45) is 0. The standard InChI is InChI=1S/C12H14ClFN2O/c1-8-12(17)15-5-6-16(8)7-9-10(13)3-2-4-11(9)14/h2-4,8H,5-7H2,1H3,(H,15,17). The van der Waals surface area contributed by atoms with Crippen LogP contribution < -0.4 is 5.32 Å². The number of nitrogens with zero attached hydrogens (tertiary/aromatic N) is 1. The minimum atomic E-state index is -0.323. The van der Waals surface area contributed by atoms with Gasteiger partial charge in [0, 0.05) is 30.2 Å². The lowest BCUT2D eigenvalue weighted by Gasteiger charge is -2.32. The van der Waals surface area contributed by atoms with E-state index in [0.29, 0.717) is 30.2 Å². The van der Waals surface area contributed by atoms with Crippen molar-refractivity contribution in [2.24, 2.45) is 0 Å². The molecule has 0 spiro atoms. The van der Waals surface area contributed by atoms with Gasteiger partial charge >= 0.3 is 0 Å². The third kappa shape index (κ3) is 2.58. The molecule has 1 saturated heterocycles. The highest BCUT2D eigenvalue weighted by molar-refractivity contribution is 6.31. The minimum Gasteiger partial charge on any atom is -0.353 e. The molecule has 5 heteroatoms. The van der Waals surface area contributed by atoms with Crippen molar-refractivity contribution in [3.63, 3.8) is 0 Å². The first-order valence-corrected chi connectivity index (χ1v) is 5.92. The van der Waals surface area contributed by atoms with Gasteiger partial charge in [-0.15, -0.1) is 0 Å². The summed E-state index contributed by atoms with van der Waals surface area (Å²) in [4.78, 5) is 13.4. The van der Waals surface area contributed by atoms with Gasteiger partial charge in [0.05, 0.1) is 6.04 Å². The molecule has 1 aromatic carbocycles. The number of piperazine rings is 1. The maximum atomic E-state index is 13.6. The summed E-state index contributed by atoms with van der Waals surface area (Å²) >= 11 is 5.97. The van der Waals surface area contributed by atoms with Gasteiger partial charge in [-0.2, -0.15) is 0 Å². The zero-order chi connectivity index (χ0) is 12.4. The summed E-state index contributed by atoms with van der Waals surface area (Å²) in [5.41, 5.74) is 0.454. The number of benzene rings is 1. The van der Waals surface area contributed by atoms with Crippen LogP contribution in [-0.4, -0.2) is 29.9 Å². The molecule has 1 aliphatic heterocycles. The highest BCUT2D eigenvalue weighted by atomic mass is 35.5.